The number of hydrogen-bond donors (Lipinski definition) is 1. The SMILES string of the molecule is CCCCc1ccc(C(=O)N2CCOC(COc3cc4ncnc(Nc5ccc(Cl)c(Cl)c5)c4cc3OC)C2)cc1. The lowest BCUT2D eigenvalue weighted by atomic mass is 10.1. The number of nitrogens with one attached hydrogen (secondary N) is 1. The van der Waals surface area contributed by atoms with Crippen molar-refractivity contribution >= 4 is 51.5 Å². The second-order valence-corrected chi connectivity index (χ2v) is 10.7. The molecule has 41 heavy (non-hydrogen) atoms. The van der Waals surface area contributed by atoms with Crippen LogP contribution in [0.2, 0.25) is 10.0 Å². The number of morpholine rings is 1. The summed E-state index contributed by atoms with van der Waals surface area (Å²) < 4.78 is 17.7. The summed E-state index contributed by atoms with van der Waals surface area (Å²) in [5.41, 5.74) is 3.35. The fourth-order valence-electron chi connectivity index (χ4n) is 4.71. The highest BCUT2D eigenvalue weighted by Gasteiger charge is 2.26. The topological polar surface area (TPSA) is 85.8 Å². The molecule has 1 unspecified atom stereocenters. The maximum atomic E-state index is 13.2. The number of fused-ring (bicyclic) bond motifs is 1. The summed E-state index contributed by atoms with van der Waals surface area (Å²) in [6, 6.07) is 16.8. The Morgan fingerprint density at radius 3 is 2.66 bits per heavy atom. The number of aryl methyl sites for hydroxylation is 1. The summed E-state index contributed by atoms with van der Waals surface area (Å²) >= 11 is 12.2. The highest BCUT2D eigenvalue weighted by atomic mass is 35.5. The minimum absolute atomic E-state index is 0.00216. The Balaban J connectivity index is 1.26. The Morgan fingerprint density at radius 1 is 1.07 bits per heavy atom. The number of unbranched alkanes of at least 4 members (excludes halogenated alkanes) is 1. The van der Waals surface area contributed by atoms with Crippen LogP contribution in [0.4, 0.5) is 11.5 Å². The van der Waals surface area contributed by atoms with Gasteiger partial charge in [0, 0.05) is 29.2 Å². The van der Waals surface area contributed by atoms with Gasteiger partial charge in [0.2, 0.25) is 0 Å². The van der Waals surface area contributed by atoms with Crippen LogP contribution in [0.1, 0.15) is 35.7 Å². The zero-order chi connectivity index (χ0) is 28.8. The van der Waals surface area contributed by atoms with Crippen molar-refractivity contribution in [1.29, 1.82) is 0 Å². The van der Waals surface area contributed by atoms with Crippen molar-refractivity contribution in [2.45, 2.75) is 32.3 Å². The van der Waals surface area contributed by atoms with Gasteiger partial charge in [0.15, 0.2) is 11.5 Å². The van der Waals surface area contributed by atoms with Crippen molar-refractivity contribution in [3.8, 4) is 11.5 Å². The van der Waals surface area contributed by atoms with Gasteiger partial charge in [0.05, 0.1) is 35.8 Å². The standard InChI is InChI=1S/C31H32Cl2N4O4/c1-3-4-5-20-6-8-21(9-7-20)31(38)37-12-13-40-23(17-37)18-41-29-16-27-24(15-28(29)39-2)30(35-19-34-27)36-22-10-11-25(32)26(33)14-22/h6-11,14-16,19,23H,3-5,12-13,17-18H2,1-2H3,(H,34,35,36). The van der Waals surface area contributed by atoms with E-state index in [2.05, 4.69) is 22.2 Å². The molecule has 1 aliphatic rings. The lowest BCUT2D eigenvalue weighted by molar-refractivity contribution is -0.0403. The van der Waals surface area contributed by atoms with Crippen molar-refractivity contribution in [2.75, 3.05) is 38.7 Å². The fourth-order valence-corrected chi connectivity index (χ4v) is 5.01. The van der Waals surface area contributed by atoms with Gasteiger partial charge in [-0.3, -0.25) is 4.79 Å². The lowest BCUT2D eigenvalue weighted by Crippen LogP contribution is -2.47. The van der Waals surface area contributed by atoms with E-state index in [1.165, 1.54) is 11.9 Å². The van der Waals surface area contributed by atoms with E-state index in [0.29, 0.717) is 58.1 Å². The number of halogens is 2. The zero-order valence-electron chi connectivity index (χ0n) is 23.0. The molecule has 0 aliphatic carbocycles. The van der Waals surface area contributed by atoms with Crippen molar-refractivity contribution < 1.29 is 19.0 Å². The second-order valence-electron chi connectivity index (χ2n) is 9.85. The van der Waals surface area contributed by atoms with Gasteiger partial charge < -0.3 is 24.4 Å². The van der Waals surface area contributed by atoms with E-state index in [4.69, 9.17) is 37.4 Å². The van der Waals surface area contributed by atoms with Crippen molar-refractivity contribution in [3.05, 3.63) is 82.1 Å². The molecule has 0 saturated carbocycles. The third-order valence-electron chi connectivity index (χ3n) is 6.97. The molecule has 2 heterocycles. The van der Waals surface area contributed by atoms with E-state index >= 15 is 0 Å². The monoisotopic (exact) mass is 594 g/mol. The molecule has 214 valence electrons. The third-order valence-corrected chi connectivity index (χ3v) is 7.71. The van der Waals surface area contributed by atoms with Crippen LogP contribution in [0.25, 0.3) is 10.9 Å². The summed E-state index contributed by atoms with van der Waals surface area (Å²) in [5.74, 6) is 1.63. The number of carbonyl (C=O) groups excluding carboxylic acids is 1. The zero-order valence-corrected chi connectivity index (χ0v) is 24.5. The normalized spacial score (nSPS) is 15.1. The molecule has 1 amide bonds. The van der Waals surface area contributed by atoms with Gasteiger partial charge in [-0.1, -0.05) is 48.7 Å². The maximum absolute atomic E-state index is 13.2. The van der Waals surface area contributed by atoms with Crippen molar-refractivity contribution in [3.63, 3.8) is 0 Å². The number of nitrogens with zero attached hydrogens (tertiary/aromatic N) is 3. The largest absolute Gasteiger partial charge is 0.493 e. The second kappa shape index (κ2) is 13.4. The van der Waals surface area contributed by atoms with E-state index in [0.717, 1.165) is 30.3 Å². The molecular weight excluding hydrogens is 563 g/mol. The molecule has 0 radical (unpaired) electrons. The average Bonchev–Trinajstić information content (AvgIpc) is 3.00. The van der Waals surface area contributed by atoms with Crippen LogP contribution in [0, 0.1) is 0 Å². The Hall–Kier alpha value is -3.59. The number of carbonyl (C=O) groups is 1. The molecule has 5 rings (SSSR count). The van der Waals surface area contributed by atoms with Crippen LogP contribution in [-0.2, 0) is 11.2 Å². The van der Waals surface area contributed by atoms with Crippen LogP contribution in [0.3, 0.4) is 0 Å². The molecule has 0 spiro atoms. The summed E-state index contributed by atoms with van der Waals surface area (Å²) in [7, 11) is 1.58. The fraction of sp³-hybridized carbons (Fsp3) is 0.323. The Kier molecular flexibility index (Phi) is 9.44. The first-order valence-electron chi connectivity index (χ1n) is 13.6. The van der Waals surface area contributed by atoms with Gasteiger partial charge in [0.1, 0.15) is 24.9 Å². The van der Waals surface area contributed by atoms with Gasteiger partial charge in [-0.2, -0.15) is 0 Å². The molecule has 1 saturated heterocycles. The predicted molar refractivity (Wildman–Crippen MR) is 162 cm³/mol. The van der Waals surface area contributed by atoms with Crippen molar-refractivity contribution in [1.82, 2.24) is 14.9 Å². The molecule has 1 aromatic heterocycles. The number of benzene rings is 3. The first-order valence-corrected chi connectivity index (χ1v) is 14.4. The number of ether oxygens (including phenoxy) is 3. The molecule has 1 atom stereocenters. The van der Waals surface area contributed by atoms with E-state index in [1.54, 1.807) is 19.2 Å². The Bertz CT molecular complexity index is 1520. The minimum Gasteiger partial charge on any atom is -0.493 e. The molecule has 1 fully saturated rings. The molecule has 1 aliphatic heterocycles. The number of methoxy groups -OCH3 is 1. The first-order chi connectivity index (χ1) is 19.9. The van der Waals surface area contributed by atoms with Crippen molar-refractivity contribution in [2.24, 2.45) is 0 Å². The number of rotatable bonds is 10. The number of anilines is 2. The van der Waals surface area contributed by atoms with E-state index in [9.17, 15) is 4.79 Å². The van der Waals surface area contributed by atoms with Crippen LogP contribution >= 0.6 is 23.2 Å². The molecule has 1 N–H and O–H groups in total. The summed E-state index contributed by atoms with van der Waals surface area (Å²) in [6.45, 7) is 3.85. The van der Waals surface area contributed by atoms with Gasteiger partial charge in [0.25, 0.3) is 5.91 Å². The third kappa shape index (κ3) is 7.01. The molecule has 10 heteroatoms. The van der Waals surface area contributed by atoms with E-state index in [1.807, 2.05) is 47.4 Å². The molecule has 3 aromatic carbocycles. The quantitative estimate of drug-likeness (QED) is 0.212. The summed E-state index contributed by atoms with van der Waals surface area (Å²) in [5, 5.41) is 4.92. The van der Waals surface area contributed by atoms with Crippen LogP contribution in [0.15, 0.2) is 60.9 Å². The first kappa shape index (κ1) is 28.9. The molecule has 0 bridgehead atoms. The average molecular weight is 596 g/mol. The van der Waals surface area contributed by atoms with Gasteiger partial charge >= 0.3 is 0 Å². The van der Waals surface area contributed by atoms with Gasteiger partial charge in [-0.05, 0) is 54.8 Å². The molecular formula is C31H32Cl2N4O4. The minimum atomic E-state index is -0.283. The molecule has 4 aromatic rings. The lowest BCUT2D eigenvalue weighted by Gasteiger charge is -2.33. The van der Waals surface area contributed by atoms with Gasteiger partial charge in [-0.15, -0.1) is 0 Å². The summed E-state index contributed by atoms with van der Waals surface area (Å²) in [4.78, 5) is 23.8. The Labute approximate surface area is 249 Å². The number of hydrogen-bond acceptors (Lipinski definition) is 7. The van der Waals surface area contributed by atoms with Crippen LogP contribution in [0.5, 0.6) is 11.5 Å². The number of amides is 1. The summed E-state index contributed by atoms with van der Waals surface area (Å²) in [6.07, 6.45) is 4.51. The van der Waals surface area contributed by atoms with Crippen LogP contribution < -0.4 is 14.8 Å². The highest BCUT2D eigenvalue weighted by Crippen LogP contribution is 2.35. The predicted octanol–water partition coefficient (Wildman–Crippen LogP) is 6.95. The smallest absolute Gasteiger partial charge is 0.254 e. The van der Waals surface area contributed by atoms with E-state index in [-0.39, 0.29) is 18.6 Å². The molecule has 8 nitrogen and oxygen atoms in total. The van der Waals surface area contributed by atoms with Gasteiger partial charge in [-0.25, -0.2) is 9.97 Å². The van der Waals surface area contributed by atoms with E-state index < -0.39 is 0 Å². The number of aromatic nitrogens is 2. The maximum Gasteiger partial charge on any atom is 0.254 e. The van der Waals surface area contributed by atoms with Crippen LogP contribution in [-0.4, -0.2) is 60.3 Å². The highest BCUT2D eigenvalue weighted by molar-refractivity contribution is 6.42. The Morgan fingerprint density at radius 2 is 1.90 bits per heavy atom.